The van der Waals surface area contributed by atoms with E-state index in [9.17, 15) is 9.59 Å². The molecule has 1 aromatic carbocycles. The number of hydrogen-bond acceptors (Lipinski definition) is 4. The lowest BCUT2D eigenvalue weighted by Gasteiger charge is -2.38. The van der Waals surface area contributed by atoms with Crippen LogP contribution < -0.4 is 15.4 Å². The van der Waals surface area contributed by atoms with Gasteiger partial charge in [0.2, 0.25) is 5.91 Å². The molecule has 0 radical (unpaired) electrons. The summed E-state index contributed by atoms with van der Waals surface area (Å²) < 4.78 is 5.56. The van der Waals surface area contributed by atoms with Crippen molar-refractivity contribution in [3.8, 4) is 5.75 Å². The van der Waals surface area contributed by atoms with Crippen LogP contribution in [0, 0.1) is 0 Å². The minimum absolute atomic E-state index is 0.0302. The average Bonchev–Trinajstić information content (AvgIpc) is 2.99. The van der Waals surface area contributed by atoms with E-state index in [-0.39, 0.29) is 17.9 Å². The van der Waals surface area contributed by atoms with Gasteiger partial charge in [0.15, 0.2) is 0 Å². The minimum atomic E-state index is -0.471. The first-order chi connectivity index (χ1) is 12.5. The molecular formula is C20H27N3O3. The lowest BCUT2D eigenvalue weighted by atomic mass is 9.92. The molecule has 2 heterocycles. The van der Waals surface area contributed by atoms with Gasteiger partial charge in [0, 0.05) is 30.8 Å². The van der Waals surface area contributed by atoms with Gasteiger partial charge in [-0.3, -0.25) is 9.59 Å². The average molecular weight is 357 g/mol. The number of benzene rings is 1. The highest BCUT2D eigenvalue weighted by molar-refractivity contribution is 5.99. The van der Waals surface area contributed by atoms with Crippen molar-refractivity contribution < 1.29 is 14.3 Å². The topological polar surface area (TPSA) is 70.7 Å². The summed E-state index contributed by atoms with van der Waals surface area (Å²) in [5, 5.41) is 6.33. The molecule has 0 aliphatic carbocycles. The van der Waals surface area contributed by atoms with Gasteiger partial charge in [0.1, 0.15) is 5.75 Å². The van der Waals surface area contributed by atoms with Gasteiger partial charge in [-0.1, -0.05) is 18.2 Å². The van der Waals surface area contributed by atoms with E-state index in [0.29, 0.717) is 17.9 Å². The van der Waals surface area contributed by atoms with Crippen molar-refractivity contribution in [1.82, 2.24) is 15.5 Å². The smallest absolute Gasteiger partial charge is 0.251 e. The number of hydrogen-bond donors (Lipinski definition) is 2. The van der Waals surface area contributed by atoms with Crippen molar-refractivity contribution in [3.05, 3.63) is 41.1 Å². The first kappa shape index (κ1) is 18.3. The van der Waals surface area contributed by atoms with E-state index >= 15 is 0 Å². The molecular weight excluding hydrogens is 330 g/mol. The summed E-state index contributed by atoms with van der Waals surface area (Å²) >= 11 is 0. The highest BCUT2D eigenvalue weighted by atomic mass is 16.5. The van der Waals surface area contributed by atoms with E-state index in [1.807, 2.05) is 29.2 Å². The van der Waals surface area contributed by atoms with E-state index < -0.39 is 6.04 Å². The summed E-state index contributed by atoms with van der Waals surface area (Å²) in [6.45, 7) is 4.94. The standard InChI is InChI=1S/C20H27N3O3/c1-13-8-6-7-11-21-16-12-22-20(25)18(16)19(23(13)14(2)24)15-9-4-5-10-17(15)26-3/h4-5,9-10,13,19,21H,6-8,11-12H2,1-3H3,(H,22,25). The van der Waals surface area contributed by atoms with Gasteiger partial charge in [-0.2, -0.15) is 0 Å². The van der Waals surface area contributed by atoms with Crippen LogP contribution in [0.25, 0.3) is 0 Å². The molecule has 2 aliphatic heterocycles. The minimum Gasteiger partial charge on any atom is -0.496 e. The molecule has 6 heteroatoms. The number of ether oxygens (including phenoxy) is 1. The maximum atomic E-state index is 12.7. The Bertz CT molecular complexity index is 729. The summed E-state index contributed by atoms with van der Waals surface area (Å²) in [5.74, 6) is 0.516. The predicted octanol–water partition coefficient (Wildman–Crippen LogP) is 2.13. The predicted molar refractivity (Wildman–Crippen MR) is 99.6 cm³/mol. The number of methoxy groups -OCH3 is 1. The highest BCUT2D eigenvalue weighted by Crippen LogP contribution is 2.39. The molecule has 2 amide bonds. The second kappa shape index (κ2) is 7.81. The number of para-hydroxylation sites is 1. The Morgan fingerprint density at radius 2 is 2.00 bits per heavy atom. The fourth-order valence-corrected chi connectivity index (χ4v) is 3.97. The lowest BCUT2D eigenvalue weighted by molar-refractivity contribution is -0.133. The molecule has 6 nitrogen and oxygen atoms in total. The summed E-state index contributed by atoms with van der Waals surface area (Å²) in [7, 11) is 1.61. The Morgan fingerprint density at radius 3 is 2.73 bits per heavy atom. The van der Waals surface area contributed by atoms with Crippen LogP contribution in [-0.2, 0) is 9.59 Å². The van der Waals surface area contributed by atoms with Crippen molar-refractivity contribution in [1.29, 1.82) is 0 Å². The molecule has 140 valence electrons. The largest absolute Gasteiger partial charge is 0.496 e. The molecule has 2 atom stereocenters. The summed E-state index contributed by atoms with van der Waals surface area (Å²) in [4.78, 5) is 27.2. The van der Waals surface area contributed by atoms with Crippen LogP contribution in [0.15, 0.2) is 35.5 Å². The third-order valence-electron chi connectivity index (χ3n) is 5.21. The Morgan fingerprint density at radius 1 is 1.23 bits per heavy atom. The van der Waals surface area contributed by atoms with Crippen LogP contribution in [0.2, 0.25) is 0 Å². The number of rotatable bonds is 2. The molecule has 3 rings (SSSR count). The normalized spacial score (nSPS) is 23.8. The molecule has 0 aromatic heterocycles. The summed E-state index contributed by atoms with van der Waals surface area (Å²) in [6, 6.07) is 7.18. The van der Waals surface area contributed by atoms with Crippen LogP contribution in [-0.4, -0.2) is 43.0 Å². The maximum Gasteiger partial charge on any atom is 0.251 e. The molecule has 0 saturated carbocycles. The van der Waals surface area contributed by atoms with Crippen molar-refractivity contribution >= 4 is 11.8 Å². The van der Waals surface area contributed by atoms with Gasteiger partial charge in [-0.05, 0) is 32.3 Å². The number of amides is 2. The first-order valence-corrected chi connectivity index (χ1v) is 9.21. The third-order valence-corrected chi connectivity index (χ3v) is 5.21. The van der Waals surface area contributed by atoms with Crippen molar-refractivity contribution in [2.45, 2.75) is 45.2 Å². The molecule has 0 spiro atoms. The van der Waals surface area contributed by atoms with E-state index in [2.05, 4.69) is 17.6 Å². The fourth-order valence-electron chi connectivity index (χ4n) is 3.97. The summed E-state index contributed by atoms with van der Waals surface area (Å²) in [6.07, 6.45) is 2.94. The van der Waals surface area contributed by atoms with Gasteiger partial charge in [0.05, 0.1) is 25.3 Å². The third kappa shape index (κ3) is 3.41. The SMILES string of the molecule is COc1ccccc1C1C2=C(CNC2=O)NCCCCC(C)N1C(C)=O. The molecule has 0 fully saturated rings. The zero-order chi connectivity index (χ0) is 18.7. The van der Waals surface area contributed by atoms with Gasteiger partial charge in [-0.15, -0.1) is 0 Å². The highest BCUT2D eigenvalue weighted by Gasteiger charge is 2.39. The van der Waals surface area contributed by atoms with Crippen molar-refractivity contribution in [2.75, 3.05) is 20.2 Å². The number of nitrogens with zero attached hydrogens (tertiary/aromatic N) is 1. The van der Waals surface area contributed by atoms with Gasteiger partial charge in [0.25, 0.3) is 5.91 Å². The Labute approximate surface area is 154 Å². The van der Waals surface area contributed by atoms with E-state index in [0.717, 1.165) is 37.1 Å². The van der Waals surface area contributed by atoms with Gasteiger partial charge in [-0.25, -0.2) is 0 Å². The molecule has 2 unspecified atom stereocenters. The first-order valence-electron chi connectivity index (χ1n) is 9.21. The zero-order valence-corrected chi connectivity index (χ0v) is 15.7. The van der Waals surface area contributed by atoms with E-state index in [4.69, 9.17) is 4.74 Å². The molecule has 0 bridgehead atoms. The number of carbonyl (C=O) groups excluding carboxylic acids is 2. The number of nitrogens with one attached hydrogen (secondary N) is 2. The Hall–Kier alpha value is -2.50. The molecule has 2 aliphatic rings. The van der Waals surface area contributed by atoms with Gasteiger partial charge < -0.3 is 20.3 Å². The molecule has 0 saturated heterocycles. The Balaban J connectivity index is 2.22. The second-order valence-electron chi connectivity index (χ2n) is 6.92. The van der Waals surface area contributed by atoms with E-state index in [1.165, 1.54) is 0 Å². The molecule has 1 aromatic rings. The fraction of sp³-hybridized carbons (Fsp3) is 0.500. The van der Waals surface area contributed by atoms with Crippen LogP contribution in [0.3, 0.4) is 0 Å². The van der Waals surface area contributed by atoms with Crippen LogP contribution in [0.5, 0.6) is 5.75 Å². The molecule has 2 N–H and O–H groups in total. The number of carbonyl (C=O) groups is 2. The van der Waals surface area contributed by atoms with Crippen LogP contribution in [0.4, 0.5) is 0 Å². The maximum absolute atomic E-state index is 12.7. The second-order valence-corrected chi connectivity index (χ2v) is 6.92. The van der Waals surface area contributed by atoms with Crippen LogP contribution >= 0.6 is 0 Å². The quantitative estimate of drug-likeness (QED) is 0.851. The van der Waals surface area contributed by atoms with Crippen molar-refractivity contribution in [3.63, 3.8) is 0 Å². The Kier molecular flexibility index (Phi) is 5.49. The van der Waals surface area contributed by atoms with Crippen molar-refractivity contribution in [2.24, 2.45) is 0 Å². The monoisotopic (exact) mass is 357 g/mol. The van der Waals surface area contributed by atoms with E-state index in [1.54, 1.807) is 14.0 Å². The van der Waals surface area contributed by atoms with Gasteiger partial charge >= 0.3 is 0 Å². The summed E-state index contributed by atoms with van der Waals surface area (Å²) in [5.41, 5.74) is 2.34. The lowest BCUT2D eigenvalue weighted by Crippen LogP contribution is -2.43. The van der Waals surface area contributed by atoms with Crippen LogP contribution in [0.1, 0.15) is 44.7 Å². The molecule has 26 heavy (non-hydrogen) atoms. The zero-order valence-electron chi connectivity index (χ0n) is 15.7.